The molecule has 0 aliphatic rings. The summed E-state index contributed by atoms with van der Waals surface area (Å²) in [5, 5.41) is 11.8. The monoisotopic (exact) mass is 707 g/mol. The second kappa shape index (κ2) is 11.3. The van der Waals surface area contributed by atoms with Gasteiger partial charge in [-0.3, -0.25) is 0 Å². The first-order chi connectivity index (χ1) is 26.7. The van der Waals surface area contributed by atoms with Crippen LogP contribution in [-0.2, 0) is 0 Å². The minimum absolute atomic E-state index is 0.864. The molecule has 3 heterocycles. The quantitative estimate of drug-likeness (QED) is 0.182. The van der Waals surface area contributed by atoms with Gasteiger partial charge in [-0.15, -0.1) is 11.3 Å². The molecular weight excluding hydrogens is 679 g/mol. The lowest BCUT2D eigenvalue weighted by Gasteiger charge is -2.26. The average molecular weight is 708 g/mol. The first-order valence-corrected chi connectivity index (χ1v) is 19.1. The second-order valence-electron chi connectivity index (χ2n) is 14.1. The van der Waals surface area contributed by atoms with E-state index in [1.807, 2.05) is 17.4 Å². The van der Waals surface area contributed by atoms with Gasteiger partial charge in [0.2, 0.25) is 0 Å². The van der Waals surface area contributed by atoms with Gasteiger partial charge in [0, 0.05) is 58.5 Å². The van der Waals surface area contributed by atoms with Gasteiger partial charge in [-0.25, -0.2) is 0 Å². The van der Waals surface area contributed by atoms with Gasteiger partial charge in [-0.1, -0.05) is 109 Å². The van der Waals surface area contributed by atoms with Crippen LogP contribution in [0.1, 0.15) is 0 Å². The van der Waals surface area contributed by atoms with Crippen molar-refractivity contribution in [3.63, 3.8) is 0 Å². The summed E-state index contributed by atoms with van der Waals surface area (Å²) in [6.45, 7) is 0. The Balaban J connectivity index is 1.09. The van der Waals surface area contributed by atoms with E-state index in [9.17, 15) is 0 Å². The van der Waals surface area contributed by atoms with Crippen LogP contribution >= 0.6 is 11.3 Å². The van der Waals surface area contributed by atoms with Gasteiger partial charge in [0.1, 0.15) is 16.7 Å². The molecule has 0 aliphatic heterocycles. The molecule has 0 bridgehead atoms. The van der Waals surface area contributed by atoms with E-state index >= 15 is 0 Å². The lowest BCUT2D eigenvalue weighted by atomic mass is 10.0. The van der Waals surface area contributed by atoms with Gasteiger partial charge in [0.25, 0.3) is 0 Å². The number of benzene rings is 9. The number of hydrogen-bond donors (Lipinski definition) is 0. The predicted octanol–water partition coefficient (Wildman–Crippen LogP) is 15.3. The van der Waals surface area contributed by atoms with Crippen LogP contribution in [0.15, 0.2) is 185 Å². The van der Waals surface area contributed by atoms with Gasteiger partial charge >= 0.3 is 0 Å². The summed E-state index contributed by atoms with van der Waals surface area (Å²) >= 11 is 1.83. The standard InChI is InChI=1S/C50H29NO2S/c1-2-10-33-28-34(17-16-30(33)8-1)31-18-21-35(22-19-31)51(42-14-7-13-39-38-12-5-6-15-43(38)52-50(39)42)36-23-26-45-41(29-36)48-46(54-45)27-25-44-47(48)40-24-20-32-9-3-4-11-37(32)49(40)53-44/h1-29H. The maximum atomic E-state index is 6.66. The summed E-state index contributed by atoms with van der Waals surface area (Å²) in [5.74, 6) is 0. The fourth-order valence-electron chi connectivity index (χ4n) is 8.50. The molecule has 0 N–H and O–H groups in total. The number of furan rings is 2. The van der Waals surface area contributed by atoms with Crippen LogP contribution < -0.4 is 4.90 Å². The van der Waals surface area contributed by atoms with Crippen LogP contribution in [0.25, 0.3) is 96.7 Å². The van der Waals surface area contributed by atoms with Gasteiger partial charge < -0.3 is 13.7 Å². The first kappa shape index (κ1) is 29.7. The highest BCUT2D eigenvalue weighted by molar-refractivity contribution is 7.26. The summed E-state index contributed by atoms with van der Waals surface area (Å²) in [5.41, 5.74) is 9.07. The molecule has 12 rings (SSSR count). The maximum Gasteiger partial charge on any atom is 0.159 e. The van der Waals surface area contributed by atoms with Crippen LogP contribution in [0.4, 0.5) is 17.1 Å². The van der Waals surface area contributed by atoms with E-state index in [-0.39, 0.29) is 0 Å². The van der Waals surface area contributed by atoms with Crippen molar-refractivity contribution < 1.29 is 8.83 Å². The zero-order chi connectivity index (χ0) is 35.3. The lowest BCUT2D eigenvalue weighted by molar-refractivity contribution is 0.669. The molecule has 12 aromatic rings. The van der Waals surface area contributed by atoms with E-state index in [1.165, 1.54) is 52.8 Å². The van der Waals surface area contributed by atoms with Crippen molar-refractivity contribution in [2.75, 3.05) is 4.90 Å². The summed E-state index contributed by atoms with van der Waals surface area (Å²) < 4.78 is 15.8. The highest BCUT2D eigenvalue weighted by Crippen LogP contribution is 2.47. The van der Waals surface area contributed by atoms with Crippen LogP contribution in [0.3, 0.4) is 0 Å². The van der Waals surface area contributed by atoms with E-state index in [0.29, 0.717) is 0 Å². The Morgan fingerprint density at radius 3 is 1.98 bits per heavy atom. The molecule has 3 nitrogen and oxygen atoms in total. The molecular formula is C50H29NO2S. The number of para-hydroxylation sites is 2. The summed E-state index contributed by atoms with van der Waals surface area (Å²) in [6.07, 6.45) is 0. The average Bonchev–Trinajstić information content (AvgIpc) is 3.92. The third kappa shape index (κ3) is 4.35. The van der Waals surface area contributed by atoms with Crippen LogP contribution in [-0.4, -0.2) is 0 Å². The van der Waals surface area contributed by atoms with Crippen LogP contribution in [0, 0.1) is 0 Å². The van der Waals surface area contributed by atoms with E-state index in [4.69, 9.17) is 8.83 Å². The molecule has 0 saturated carbocycles. The van der Waals surface area contributed by atoms with Crippen molar-refractivity contribution in [2.45, 2.75) is 0 Å². The summed E-state index contributed by atoms with van der Waals surface area (Å²) in [7, 11) is 0. The highest BCUT2D eigenvalue weighted by atomic mass is 32.1. The minimum atomic E-state index is 0.864. The summed E-state index contributed by atoms with van der Waals surface area (Å²) in [6, 6.07) is 63.0. The third-order valence-electron chi connectivity index (χ3n) is 11.0. The fourth-order valence-corrected chi connectivity index (χ4v) is 9.59. The van der Waals surface area contributed by atoms with Crippen molar-refractivity contribution in [1.29, 1.82) is 0 Å². The third-order valence-corrected chi connectivity index (χ3v) is 12.2. The summed E-state index contributed by atoms with van der Waals surface area (Å²) in [4.78, 5) is 2.35. The van der Waals surface area contributed by atoms with Crippen molar-refractivity contribution in [3.05, 3.63) is 176 Å². The van der Waals surface area contributed by atoms with E-state index in [1.54, 1.807) is 0 Å². The number of rotatable bonds is 4. The minimum Gasteiger partial charge on any atom is -0.455 e. The number of nitrogens with zero attached hydrogens (tertiary/aromatic N) is 1. The smallest absolute Gasteiger partial charge is 0.159 e. The molecule has 4 heteroatoms. The maximum absolute atomic E-state index is 6.66. The number of fused-ring (bicyclic) bond motifs is 13. The van der Waals surface area contributed by atoms with Crippen molar-refractivity contribution >= 4 is 114 Å². The van der Waals surface area contributed by atoms with E-state index in [0.717, 1.165) is 60.9 Å². The number of anilines is 3. The van der Waals surface area contributed by atoms with Gasteiger partial charge in [0.15, 0.2) is 5.58 Å². The molecule has 0 radical (unpaired) electrons. The van der Waals surface area contributed by atoms with Gasteiger partial charge in [-0.05, 0) is 94.0 Å². The number of thiophene rings is 1. The van der Waals surface area contributed by atoms with Crippen molar-refractivity contribution in [1.82, 2.24) is 0 Å². The first-order valence-electron chi connectivity index (χ1n) is 18.2. The predicted molar refractivity (Wildman–Crippen MR) is 229 cm³/mol. The topological polar surface area (TPSA) is 29.5 Å². The van der Waals surface area contributed by atoms with Crippen LogP contribution in [0.5, 0.6) is 0 Å². The molecule has 0 unspecified atom stereocenters. The molecule has 54 heavy (non-hydrogen) atoms. The largest absolute Gasteiger partial charge is 0.455 e. The second-order valence-corrected chi connectivity index (χ2v) is 15.1. The molecule has 0 spiro atoms. The molecule has 9 aromatic carbocycles. The molecule has 0 atom stereocenters. The SMILES string of the molecule is c1ccc2cc(-c3ccc(N(c4ccc5sc6ccc7oc8c9ccccc9ccc8c7c6c5c4)c4cccc5c4oc4ccccc45)cc3)ccc2c1. The molecule has 3 aromatic heterocycles. The Bertz CT molecular complexity index is 3460. The Morgan fingerprint density at radius 2 is 1.07 bits per heavy atom. The molecule has 0 amide bonds. The van der Waals surface area contributed by atoms with Crippen LogP contribution in [0.2, 0.25) is 0 Å². The molecule has 0 aliphatic carbocycles. The zero-order valence-electron chi connectivity index (χ0n) is 28.9. The molecule has 0 fully saturated rings. The molecule has 252 valence electrons. The Labute approximate surface area is 313 Å². The van der Waals surface area contributed by atoms with Gasteiger partial charge in [0.05, 0.1) is 5.69 Å². The Morgan fingerprint density at radius 1 is 0.370 bits per heavy atom. The molecule has 0 saturated heterocycles. The number of hydrogen-bond acceptors (Lipinski definition) is 4. The van der Waals surface area contributed by atoms with Crippen molar-refractivity contribution in [2.24, 2.45) is 0 Å². The lowest BCUT2D eigenvalue weighted by Crippen LogP contribution is -2.10. The van der Waals surface area contributed by atoms with E-state index in [2.05, 4.69) is 175 Å². The van der Waals surface area contributed by atoms with Crippen molar-refractivity contribution in [3.8, 4) is 11.1 Å². The zero-order valence-corrected chi connectivity index (χ0v) is 29.7. The normalized spacial score (nSPS) is 12.1. The Kier molecular flexibility index (Phi) is 6.21. The Hall–Kier alpha value is -6.88. The van der Waals surface area contributed by atoms with E-state index < -0.39 is 0 Å². The van der Waals surface area contributed by atoms with Gasteiger partial charge in [-0.2, -0.15) is 0 Å². The fraction of sp³-hybridized carbons (Fsp3) is 0. The highest BCUT2D eigenvalue weighted by Gasteiger charge is 2.22.